The first-order valence-corrected chi connectivity index (χ1v) is 11.9. The number of aliphatic hydroxyl groups is 1. The molecule has 6 nitrogen and oxygen atoms in total. The SMILES string of the molecule is C=C1C(CC(=O)c2cc(OCCO)cc(C(C)(C)C)c2)N=C2C(C)=C(C)C(C(=O)CCC)=CN12.Cl. The molecule has 2 aliphatic rings. The second-order valence-electron chi connectivity index (χ2n) is 9.99. The van der Waals surface area contributed by atoms with Crippen molar-refractivity contribution in [2.24, 2.45) is 4.99 Å². The predicted octanol–water partition coefficient (Wildman–Crippen LogP) is 5.55. The fourth-order valence-corrected chi connectivity index (χ4v) is 4.14. The lowest BCUT2D eigenvalue weighted by Gasteiger charge is -2.26. The third-order valence-corrected chi connectivity index (χ3v) is 6.37. The number of ketones is 2. The first-order valence-electron chi connectivity index (χ1n) is 11.9. The molecular weight excluding hydrogens is 464 g/mol. The third-order valence-electron chi connectivity index (χ3n) is 6.37. The summed E-state index contributed by atoms with van der Waals surface area (Å²) in [7, 11) is 0. The summed E-state index contributed by atoms with van der Waals surface area (Å²) >= 11 is 0. The van der Waals surface area contributed by atoms with Gasteiger partial charge in [0.15, 0.2) is 11.6 Å². The van der Waals surface area contributed by atoms with Crippen LogP contribution in [0.3, 0.4) is 0 Å². The van der Waals surface area contributed by atoms with Gasteiger partial charge in [-0.25, -0.2) is 0 Å². The van der Waals surface area contributed by atoms with Crippen LogP contribution in [-0.4, -0.2) is 46.7 Å². The van der Waals surface area contributed by atoms with E-state index in [-0.39, 0.29) is 49.0 Å². The first-order chi connectivity index (χ1) is 16.0. The molecule has 1 N–H and O–H groups in total. The number of nitrogens with zero attached hydrogens (tertiary/aromatic N) is 2. The van der Waals surface area contributed by atoms with E-state index in [4.69, 9.17) is 14.8 Å². The van der Waals surface area contributed by atoms with Gasteiger partial charge < -0.3 is 14.7 Å². The lowest BCUT2D eigenvalue weighted by atomic mass is 9.85. The van der Waals surface area contributed by atoms with E-state index in [9.17, 15) is 9.59 Å². The zero-order valence-corrected chi connectivity index (χ0v) is 22.4. The van der Waals surface area contributed by atoms with Crippen molar-refractivity contribution in [3.8, 4) is 5.75 Å². The van der Waals surface area contributed by atoms with E-state index >= 15 is 0 Å². The minimum absolute atomic E-state index is 0. The van der Waals surface area contributed by atoms with Crippen molar-refractivity contribution in [2.75, 3.05) is 13.2 Å². The first kappa shape index (κ1) is 28.5. The molecular formula is C28H37ClN2O4. The molecule has 0 saturated carbocycles. The highest BCUT2D eigenvalue weighted by molar-refractivity contribution is 6.10. The smallest absolute Gasteiger partial charge is 0.165 e. The minimum Gasteiger partial charge on any atom is -0.491 e. The molecule has 0 saturated heterocycles. The average Bonchev–Trinajstić information content (AvgIpc) is 3.09. The molecule has 0 aliphatic carbocycles. The number of hydrogen-bond acceptors (Lipinski definition) is 6. The van der Waals surface area contributed by atoms with Gasteiger partial charge in [-0.3, -0.25) is 14.6 Å². The number of fused-ring (bicyclic) bond motifs is 1. The lowest BCUT2D eigenvalue weighted by molar-refractivity contribution is -0.115. The van der Waals surface area contributed by atoms with E-state index in [0.717, 1.165) is 29.0 Å². The molecule has 35 heavy (non-hydrogen) atoms. The number of ether oxygens (including phenoxy) is 1. The normalized spacial score (nSPS) is 17.5. The molecule has 7 heteroatoms. The molecule has 2 heterocycles. The van der Waals surface area contributed by atoms with Gasteiger partial charge in [0.05, 0.1) is 12.6 Å². The molecule has 0 fully saturated rings. The number of amidine groups is 1. The van der Waals surface area contributed by atoms with Crippen molar-refractivity contribution in [1.82, 2.24) is 4.90 Å². The summed E-state index contributed by atoms with van der Waals surface area (Å²) in [5, 5.41) is 9.13. The monoisotopic (exact) mass is 500 g/mol. The number of halogens is 1. The van der Waals surface area contributed by atoms with Crippen LogP contribution in [0, 0.1) is 0 Å². The van der Waals surface area contributed by atoms with Crippen LogP contribution >= 0.6 is 12.4 Å². The average molecular weight is 501 g/mol. The van der Waals surface area contributed by atoms with Crippen LogP contribution in [-0.2, 0) is 10.2 Å². The van der Waals surface area contributed by atoms with E-state index < -0.39 is 6.04 Å². The molecule has 0 spiro atoms. The Balaban J connectivity index is 0.00000432. The number of allylic oxidation sites excluding steroid dienone is 2. The second-order valence-corrected chi connectivity index (χ2v) is 9.99. The summed E-state index contributed by atoms with van der Waals surface area (Å²) in [6.07, 6.45) is 3.28. The van der Waals surface area contributed by atoms with Crippen LogP contribution < -0.4 is 4.74 Å². The summed E-state index contributed by atoms with van der Waals surface area (Å²) in [5.74, 6) is 1.37. The van der Waals surface area contributed by atoms with E-state index in [0.29, 0.717) is 29.0 Å². The number of rotatable bonds is 9. The number of benzene rings is 1. The zero-order valence-electron chi connectivity index (χ0n) is 21.6. The van der Waals surface area contributed by atoms with Gasteiger partial charge in [-0.1, -0.05) is 34.3 Å². The van der Waals surface area contributed by atoms with Crippen molar-refractivity contribution < 1.29 is 19.4 Å². The summed E-state index contributed by atoms with van der Waals surface area (Å²) in [6.45, 7) is 16.4. The Morgan fingerprint density at radius 1 is 1.14 bits per heavy atom. The van der Waals surface area contributed by atoms with Gasteiger partial charge in [-0.05, 0) is 60.6 Å². The largest absolute Gasteiger partial charge is 0.491 e. The van der Waals surface area contributed by atoms with Crippen LogP contribution in [0.1, 0.15) is 76.7 Å². The maximum absolute atomic E-state index is 13.3. The van der Waals surface area contributed by atoms with Gasteiger partial charge >= 0.3 is 0 Å². The molecule has 3 rings (SSSR count). The van der Waals surface area contributed by atoms with Crippen molar-refractivity contribution in [1.29, 1.82) is 0 Å². The molecule has 0 bridgehead atoms. The molecule has 0 amide bonds. The van der Waals surface area contributed by atoms with Crippen molar-refractivity contribution in [2.45, 2.75) is 72.3 Å². The number of Topliss-reactive ketones (excluding diaryl/α,β-unsaturated/α-hetero) is 2. The number of aliphatic hydroxyl groups excluding tert-OH is 1. The number of carbonyl (C=O) groups excluding carboxylic acids is 2. The van der Waals surface area contributed by atoms with Crippen LogP contribution in [0.25, 0.3) is 0 Å². The van der Waals surface area contributed by atoms with E-state index in [1.165, 1.54) is 0 Å². The Kier molecular flexibility index (Phi) is 9.26. The lowest BCUT2D eigenvalue weighted by Crippen LogP contribution is -2.28. The number of hydrogen-bond donors (Lipinski definition) is 1. The van der Waals surface area contributed by atoms with Crippen molar-refractivity contribution in [3.63, 3.8) is 0 Å². The molecule has 1 unspecified atom stereocenters. The standard InChI is InChI=1S/C28H36N2O4.ClH/c1-8-9-25(32)23-16-30-19(4)24(29-27(30)18(3)17(23)2)15-26(33)20-12-21(28(5,6)7)14-22(13-20)34-11-10-31;/h12-14,16,24,31H,4,8-11,15H2,1-3,5-7H3;1H. The molecule has 190 valence electrons. The van der Waals surface area contributed by atoms with Crippen LogP contribution in [0.4, 0.5) is 0 Å². The molecule has 0 radical (unpaired) electrons. The Morgan fingerprint density at radius 3 is 2.43 bits per heavy atom. The summed E-state index contributed by atoms with van der Waals surface area (Å²) in [4.78, 5) is 32.7. The van der Waals surface area contributed by atoms with Gasteiger partial charge in [0, 0.05) is 35.9 Å². The van der Waals surface area contributed by atoms with Crippen LogP contribution in [0.5, 0.6) is 5.75 Å². The summed E-state index contributed by atoms with van der Waals surface area (Å²) in [6, 6.07) is 5.14. The molecule has 1 aromatic carbocycles. The number of aliphatic imine (C=N–C) groups is 1. The minimum atomic E-state index is -0.401. The molecule has 1 aromatic rings. The fourth-order valence-electron chi connectivity index (χ4n) is 4.14. The van der Waals surface area contributed by atoms with Gasteiger partial charge in [-0.2, -0.15) is 0 Å². The van der Waals surface area contributed by atoms with Crippen LogP contribution in [0.2, 0.25) is 0 Å². The highest BCUT2D eigenvalue weighted by Gasteiger charge is 2.35. The topological polar surface area (TPSA) is 79.2 Å². The highest BCUT2D eigenvalue weighted by Crippen LogP contribution is 2.35. The zero-order chi connectivity index (χ0) is 25.2. The van der Waals surface area contributed by atoms with E-state index in [1.54, 1.807) is 6.07 Å². The quantitative estimate of drug-likeness (QED) is 0.450. The Bertz CT molecular complexity index is 1110. The van der Waals surface area contributed by atoms with Gasteiger partial charge in [-0.15, -0.1) is 12.4 Å². The Morgan fingerprint density at radius 2 is 1.83 bits per heavy atom. The second kappa shape index (κ2) is 11.4. The fraction of sp³-hybridized carbons (Fsp3) is 0.464. The predicted molar refractivity (Wildman–Crippen MR) is 142 cm³/mol. The maximum Gasteiger partial charge on any atom is 0.165 e. The number of carbonyl (C=O) groups is 2. The molecule has 1 atom stereocenters. The Hall–Kier alpha value is -2.70. The summed E-state index contributed by atoms with van der Waals surface area (Å²) < 4.78 is 5.63. The molecule has 2 aliphatic heterocycles. The van der Waals surface area contributed by atoms with E-state index in [1.807, 2.05) is 44.0 Å². The van der Waals surface area contributed by atoms with Crippen molar-refractivity contribution in [3.05, 3.63) is 64.5 Å². The summed E-state index contributed by atoms with van der Waals surface area (Å²) in [5.41, 5.74) is 4.62. The molecule has 0 aromatic heterocycles. The van der Waals surface area contributed by atoms with Gasteiger partial charge in [0.1, 0.15) is 18.2 Å². The van der Waals surface area contributed by atoms with Gasteiger partial charge in [0.25, 0.3) is 0 Å². The third kappa shape index (κ3) is 6.11. The van der Waals surface area contributed by atoms with Gasteiger partial charge in [0.2, 0.25) is 0 Å². The maximum atomic E-state index is 13.3. The van der Waals surface area contributed by atoms with E-state index in [2.05, 4.69) is 27.4 Å². The van der Waals surface area contributed by atoms with Crippen LogP contribution in [0.15, 0.2) is 58.4 Å². The Labute approximate surface area is 214 Å². The van der Waals surface area contributed by atoms with Crippen molar-refractivity contribution >= 4 is 29.8 Å². The highest BCUT2D eigenvalue weighted by atomic mass is 35.5.